The molecule has 3 atom stereocenters. The third kappa shape index (κ3) is 8.87. The molecule has 37 heavy (non-hydrogen) atoms. The highest BCUT2D eigenvalue weighted by Crippen LogP contribution is 2.34. The van der Waals surface area contributed by atoms with E-state index in [9.17, 15) is 31.2 Å². The van der Waals surface area contributed by atoms with Gasteiger partial charge in [0.25, 0.3) is 0 Å². The summed E-state index contributed by atoms with van der Waals surface area (Å²) in [7, 11) is -3.39. The first-order valence-electron chi connectivity index (χ1n) is 11.3. The lowest BCUT2D eigenvalue weighted by Gasteiger charge is -2.29. The molecule has 2 amide bonds. The zero-order valence-electron chi connectivity index (χ0n) is 20.5. The van der Waals surface area contributed by atoms with Gasteiger partial charge in [-0.3, -0.25) is 14.9 Å². The summed E-state index contributed by atoms with van der Waals surface area (Å²) in [5, 5.41) is 13.8. The predicted octanol–water partition coefficient (Wildman–Crippen LogP) is 3.25. The van der Waals surface area contributed by atoms with Crippen molar-refractivity contribution in [1.29, 1.82) is 5.26 Å². The normalized spacial score (nSPS) is 14.4. The fourth-order valence-electron chi connectivity index (χ4n) is 3.67. The third-order valence-corrected chi connectivity index (χ3v) is 6.58. The largest absolute Gasteiger partial charge is 0.407 e. The molecule has 2 aromatic rings. The van der Waals surface area contributed by atoms with Crippen LogP contribution in [0.15, 0.2) is 53.4 Å². The van der Waals surface area contributed by atoms with E-state index in [0.29, 0.717) is 11.1 Å². The molecule has 0 aliphatic carbocycles. The molecule has 0 aromatic heterocycles. The van der Waals surface area contributed by atoms with E-state index >= 15 is 0 Å². The molecule has 0 heterocycles. The van der Waals surface area contributed by atoms with Crippen LogP contribution in [-0.4, -0.2) is 44.7 Å². The van der Waals surface area contributed by atoms with Crippen LogP contribution in [0.3, 0.4) is 0 Å². The van der Waals surface area contributed by atoms with Crippen molar-refractivity contribution in [3.8, 4) is 17.2 Å². The van der Waals surface area contributed by atoms with Gasteiger partial charge in [0.1, 0.15) is 12.1 Å². The van der Waals surface area contributed by atoms with Gasteiger partial charge < -0.3 is 11.1 Å². The Labute approximate surface area is 214 Å². The molecule has 8 nitrogen and oxygen atoms in total. The summed E-state index contributed by atoms with van der Waals surface area (Å²) in [6.07, 6.45) is -4.11. The van der Waals surface area contributed by atoms with Gasteiger partial charge in [0.2, 0.25) is 11.8 Å². The summed E-state index contributed by atoms with van der Waals surface area (Å²) >= 11 is 0. The number of carbonyl (C=O) groups excluding carboxylic acids is 2. The molecule has 4 N–H and O–H groups in total. The topological polar surface area (TPSA) is 142 Å². The van der Waals surface area contributed by atoms with Crippen molar-refractivity contribution < 1.29 is 31.2 Å². The van der Waals surface area contributed by atoms with Crippen LogP contribution in [0.5, 0.6) is 0 Å². The number of alkyl halides is 3. The first kappa shape index (κ1) is 29.8. The molecular formula is C25H29F3N4O4S. The predicted molar refractivity (Wildman–Crippen MR) is 132 cm³/mol. The van der Waals surface area contributed by atoms with Gasteiger partial charge >= 0.3 is 6.18 Å². The molecule has 0 fully saturated rings. The fraction of sp³-hybridized carbons (Fsp3) is 0.400. The van der Waals surface area contributed by atoms with Crippen molar-refractivity contribution >= 4 is 21.7 Å². The maximum Gasteiger partial charge on any atom is 0.407 e. The van der Waals surface area contributed by atoms with Crippen LogP contribution in [0, 0.1) is 17.2 Å². The number of halogens is 3. The minimum Gasteiger partial charge on any atom is -0.370 e. The van der Waals surface area contributed by atoms with E-state index in [2.05, 4.69) is 10.6 Å². The van der Waals surface area contributed by atoms with Gasteiger partial charge in [0, 0.05) is 6.26 Å². The van der Waals surface area contributed by atoms with Crippen LogP contribution < -0.4 is 16.4 Å². The Morgan fingerprint density at radius 1 is 1.03 bits per heavy atom. The number of rotatable bonds is 11. The standard InChI is InChI=1S/C25H29F3N4O4S/c1-15(2)12-21(24(34)31-19(14-29)13-22(30)33)32-23(25(26,27)28)18-6-4-16(5-7-18)17-8-10-20(11-9-17)37(3,35)36/h4-11,15,19,21,23,32H,12-13H2,1-3H3,(H2,30,33)(H,31,34)/t19-,21-,23-/m0/s1. The van der Waals surface area contributed by atoms with Crippen molar-refractivity contribution in [1.82, 2.24) is 10.6 Å². The number of hydrogen-bond donors (Lipinski definition) is 3. The van der Waals surface area contributed by atoms with E-state index in [-0.39, 0.29) is 22.8 Å². The van der Waals surface area contributed by atoms with E-state index in [4.69, 9.17) is 11.0 Å². The van der Waals surface area contributed by atoms with Gasteiger partial charge in [-0.2, -0.15) is 18.4 Å². The number of benzene rings is 2. The highest BCUT2D eigenvalue weighted by Gasteiger charge is 2.43. The smallest absolute Gasteiger partial charge is 0.370 e. The molecule has 0 aliphatic heterocycles. The van der Waals surface area contributed by atoms with Gasteiger partial charge in [-0.1, -0.05) is 50.2 Å². The molecule has 0 saturated carbocycles. The molecule has 0 saturated heterocycles. The summed E-state index contributed by atoms with van der Waals surface area (Å²) < 4.78 is 65.5. The van der Waals surface area contributed by atoms with Crippen LogP contribution in [0.4, 0.5) is 13.2 Å². The Hall–Kier alpha value is -3.43. The van der Waals surface area contributed by atoms with Crippen LogP contribution in [0.25, 0.3) is 11.1 Å². The summed E-state index contributed by atoms with van der Waals surface area (Å²) in [4.78, 5) is 24.0. The molecule has 0 spiro atoms. The first-order chi connectivity index (χ1) is 17.1. The van der Waals surface area contributed by atoms with Crippen molar-refractivity contribution in [2.45, 2.75) is 55.9 Å². The van der Waals surface area contributed by atoms with E-state index in [1.807, 2.05) is 0 Å². The van der Waals surface area contributed by atoms with Gasteiger partial charge in [-0.05, 0) is 41.2 Å². The van der Waals surface area contributed by atoms with E-state index in [1.54, 1.807) is 32.0 Å². The minimum absolute atomic E-state index is 0.0396. The zero-order valence-corrected chi connectivity index (χ0v) is 21.4. The van der Waals surface area contributed by atoms with E-state index in [1.165, 1.54) is 36.4 Å². The molecule has 12 heteroatoms. The molecular weight excluding hydrogens is 509 g/mol. The second-order valence-corrected chi connectivity index (χ2v) is 11.1. The van der Waals surface area contributed by atoms with Crippen molar-refractivity contribution in [3.63, 3.8) is 0 Å². The zero-order chi connectivity index (χ0) is 28.0. The highest BCUT2D eigenvalue weighted by atomic mass is 32.2. The highest BCUT2D eigenvalue weighted by molar-refractivity contribution is 7.90. The number of nitrogens with one attached hydrogen (secondary N) is 2. The lowest BCUT2D eigenvalue weighted by atomic mass is 9.97. The second-order valence-electron chi connectivity index (χ2n) is 9.10. The van der Waals surface area contributed by atoms with Crippen molar-refractivity contribution in [2.75, 3.05) is 6.26 Å². The van der Waals surface area contributed by atoms with Crippen LogP contribution >= 0.6 is 0 Å². The van der Waals surface area contributed by atoms with E-state index < -0.39 is 52.4 Å². The maximum absolute atomic E-state index is 14.1. The van der Waals surface area contributed by atoms with Gasteiger partial charge in [-0.15, -0.1) is 0 Å². The fourth-order valence-corrected chi connectivity index (χ4v) is 4.30. The van der Waals surface area contributed by atoms with Crippen LogP contribution in [0.1, 0.15) is 38.3 Å². The second kappa shape index (κ2) is 12.2. The van der Waals surface area contributed by atoms with Gasteiger partial charge in [-0.25, -0.2) is 8.42 Å². The Morgan fingerprint density at radius 3 is 1.95 bits per heavy atom. The van der Waals surface area contributed by atoms with Crippen molar-refractivity contribution in [3.05, 3.63) is 54.1 Å². The Balaban J connectivity index is 2.31. The quantitative estimate of drug-likeness (QED) is 0.401. The van der Waals surface area contributed by atoms with Gasteiger partial charge in [0.05, 0.1) is 23.4 Å². The number of nitrogens with zero attached hydrogens (tertiary/aromatic N) is 1. The summed E-state index contributed by atoms with van der Waals surface area (Å²) in [5.74, 6) is -1.84. The average molecular weight is 539 g/mol. The Kier molecular flexibility index (Phi) is 9.83. The molecule has 2 rings (SSSR count). The lowest BCUT2D eigenvalue weighted by Crippen LogP contribution is -2.52. The maximum atomic E-state index is 14.1. The molecule has 0 radical (unpaired) electrons. The number of hydrogen-bond acceptors (Lipinski definition) is 6. The summed E-state index contributed by atoms with van der Waals surface area (Å²) in [5.41, 5.74) is 6.11. The van der Waals surface area contributed by atoms with E-state index in [0.717, 1.165) is 6.26 Å². The lowest BCUT2D eigenvalue weighted by molar-refractivity contribution is -0.161. The molecule has 2 aromatic carbocycles. The number of primary amides is 1. The Morgan fingerprint density at radius 2 is 1.54 bits per heavy atom. The van der Waals surface area contributed by atoms with Crippen LogP contribution in [0.2, 0.25) is 0 Å². The number of nitriles is 1. The first-order valence-corrected chi connectivity index (χ1v) is 13.2. The molecule has 200 valence electrons. The van der Waals surface area contributed by atoms with Crippen LogP contribution in [-0.2, 0) is 19.4 Å². The van der Waals surface area contributed by atoms with Crippen molar-refractivity contribution in [2.24, 2.45) is 11.7 Å². The summed E-state index contributed by atoms with van der Waals surface area (Å²) in [6, 6.07) is 8.40. The molecule has 0 aliphatic rings. The number of nitrogens with two attached hydrogens (primary N) is 1. The third-order valence-electron chi connectivity index (χ3n) is 5.46. The monoisotopic (exact) mass is 538 g/mol. The SMILES string of the molecule is CC(C)C[C@H](N[C@@H](c1ccc(-c2ccc(S(C)(=O)=O)cc2)cc1)C(F)(F)F)C(=O)N[C@H](C#N)CC(N)=O. The number of amides is 2. The minimum atomic E-state index is -4.75. The summed E-state index contributed by atoms with van der Waals surface area (Å²) in [6.45, 7) is 3.47. The Bertz CT molecular complexity index is 1240. The number of sulfone groups is 1. The number of carbonyl (C=O) groups is 2. The molecule has 0 unspecified atom stereocenters. The van der Waals surface area contributed by atoms with Gasteiger partial charge in [0.15, 0.2) is 9.84 Å². The average Bonchev–Trinajstić information content (AvgIpc) is 2.79. The molecule has 0 bridgehead atoms.